The van der Waals surface area contributed by atoms with E-state index in [1.807, 2.05) is 74.4 Å². The van der Waals surface area contributed by atoms with Gasteiger partial charge in [0, 0.05) is 13.1 Å². The van der Waals surface area contributed by atoms with Gasteiger partial charge >= 0.3 is 0 Å². The molecule has 3 aromatic carbocycles. The average molecular weight is 575 g/mol. The molecule has 0 amide bonds. The standard InChI is InChI=1S/C33H42N4O3S/c1-8-24-14-18-26(19-15-24)37-31(34-29-13-11-10-12-28(29)32(37)38)30(9-2)36(23-22-35(6)7)41(39,40)27-20-16-25(17-21-27)33(3,4)5/h10-21,30H,8-9,22-23H2,1-7H3. The first-order chi connectivity index (χ1) is 19.4. The second-order valence-corrected chi connectivity index (χ2v) is 13.7. The highest BCUT2D eigenvalue weighted by atomic mass is 32.2. The molecule has 0 bridgehead atoms. The second kappa shape index (κ2) is 12.3. The Morgan fingerprint density at radius 1 is 0.878 bits per heavy atom. The fraction of sp³-hybridized carbons (Fsp3) is 0.394. The quantitative estimate of drug-likeness (QED) is 0.234. The summed E-state index contributed by atoms with van der Waals surface area (Å²) >= 11 is 0. The molecule has 0 aliphatic carbocycles. The summed E-state index contributed by atoms with van der Waals surface area (Å²) in [6.45, 7) is 11.1. The number of aromatic nitrogens is 2. The van der Waals surface area contributed by atoms with Gasteiger partial charge in [-0.1, -0.05) is 71.0 Å². The Morgan fingerprint density at radius 2 is 1.51 bits per heavy atom. The van der Waals surface area contributed by atoms with Crippen molar-refractivity contribution in [2.45, 2.75) is 63.8 Å². The van der Waals surface area contributed by atoms with Crippen molar-refractivity contribution in [3.63, 3.8) is 0 Å². The largest absolute Gasteiger partial charge is 0.308 e. The summed E-state index contributed by atoms with van der Waals surface area (Å²) in [7, 11) is -0.103. The van der Waals surface area contributed by atoms with Crippen LogP contribution in [-0.2, 0) is 21.9 Å². The van der Waals surface area contributed by atoms with Crippen molar-refractivity contribution in [1.82, 2.24) is 18.8 Å². The third-order valence-corrected chi connectivity index (χ3v) is 9.45. The molecule has 1 unspecified atom stereocenters. The van der Waals surface area contributed by atoms with Crippen LogP contribution in [0, 0.1) is 0 Å². The van der Waals surface area contributed by atoms with Gasteiger partial charge in [-0.3, -0.25) is 9.36 Å². The molecule has 4 aromatic rings. The summed E-state index contributed by atoms with van der Waals surface area (Å²) in [5.41, 5.74) is 3.11. The molecule has 8 heteroatoms. The molecule has 0 spiro atoms. The van der Waals surface area contributed by atoms with E-state index in [1.165, 1.54) is 4.31 Å². The van der Waals surface area contributed by atoms with Gasteiger partial charge in [0.2, 0.25) is 10.0 Å². The number of hydrogen-bond acceptors (Lipinski definition) is 5. The number of fused-ring (bicyclic) bond motifs is 1. The van der Waals surface area contributed by atoms with Crippen LogP contribution >= 0.6 is 0 Å². The van der Waals surface area contributed by atoms with E-state index in [0.717, 1.165) is 17.5 Å². The summed E-state index contributed by atoms with van der Waals surface area (Å²) in [6, 6.07) is 21.5. The van der Waals surface area contributed by atoms with Gasteiger partial charge in [-0.2, -0.15) is 4.31 Å². The maximum atomic E-state index is 14.4. The van der Waals surface area contributed by atoms with Crippen LogP contribution in [0.3, 0.4) is 0 Å². The van der Waals surface area contributed by atoms with Gasteiger partial charge in [-0.25, -0.2) is 13.4 Å². The molecule has 4 rings (SSSR count). The zero-order valence-corrected chi connectivity index (χ0v) is 26.1. The zero-order valence-electron chi connectivity index (χ0n) is 25.3. The van der Waals surface area contributed by atoms with Crippen LogP contribution < -0.4 is 5.56 Å². The van der Waals surface area contributed by atoms with Crippen LogP contribution in [0.1, 0.15) is 64.0 Å². The number of hydrogen-bond donors (Lipinski definition) is 0. The van der Waals surface area contributed by atoms with Crippen molar-refractivity contribution in [1.29, 1.82) is 0 Å². The molecule has 7 nitrogen and oxygen atoms in total. The fourth-order valence-corrected chi connectivity index (χ4v) is 6.67. The number of rotatable bonds is 10. The third kappa shape index (κ3) is 6.45. The second-order valence-electron chi connectivity index (χ2n) is 11.8. The van der Waals surface area contributed by atoms with Gasteiger partial charge in [-0.15, -0.1) is 0 Å². The molecule has 0 aliphatic rings. The van der Waals surface area contributed by atoms with Gasteiger partial charge in [0.15, 0.2) is 0 Å². The fourth-order valence-electron chi connectivity index (χ4n) is 5.02. The zero-order chi connectivity index (χ0) is 29.9. The Labute approximate surface area is 244 Å². The molecule has 0 N–H and O–H groups in total. The Bertz CT molecular complexity index is 1650. The Balaban J connectivity index is 1.94. The van der Waals surface area contributed by atoms with E-state index in [2.05, 4.69) is 27.7 Å². The number of likely N-dealkylation sites (N-methyl/N-ethyl adjacent to an activating group) is 1. The summed E-state index contributed by atoms with van der Waals surface area (Å²) in [5.74, 6) is 0.411. The first kappa shape index (κ1) is 30.6. The lowest BCUT2D eigenvalue weighted by Crippen LogP contribution is -2.41. The van der Waals surface area contributed by atoms with Gasteiger partial charge in [0.25, 0.3) is 5.56 Å². The van der Waals surface area contributed by atoms with Crippen LogP contribution in [0.15, 0.2) is 82.5 Å². The number of nitrogens with zero attached hydrogens (tertiary/aromatic N) is 4. The van der Waals surface area contributed by atoms with Crippen molar-refractivity contribution >= 4 is 20.9 Å². The Kier molecular flexibility index (Phi) is 9.16. The Morgan fingerprint density at radius 3 is 2.07 bits per heavy atom. The smallest absolute Gasteiger partial charge is 0.266 e. The molecule has 1 heterocycles. The van der Waals surface area contributed by atoms with Crippen LogP contribution in [0.2, 0.25) is 0 Å². The van der Waals surface area contributed by atoms with E-state index in [1.54, 1.807) is 28.8 Å². The first-order valence-electron chi connectivity index (χ1n) is 14.3. The van der Waals surface area contributed by atoms with Gasteiger partial charge in [-0.05, 0) is 79.9 Å². The van der Waals surface area contributed by atoms with Crippen LogP contribution in [0.5, 0.6) is 0 Å². The molecule has 0 saturated carbocycles. The lowest BCUT2D eigenvalue weighted by molar-refractivity contribution is 0.267. The minimum atomic E-state index is -3.94. The summed E-state index contributed by atoms with van der Waals surface area (Å²) in [5, 5.41) is 0.492. The molecule has 0 radical (unpaired) electrons. The molecular weight excluding hydrogens is 532 g/mol. The molecule has 0 saturated heterocycles. The lowest BCUT2D eigenvalue weighted by Gasteiger charge is -2.32. The predicted octanol–water partition coefficient (Wildman–Crippen LogP) is 5.95. The highest BCUT2D eigenvalue weighted by molar-refractivity contribution is 7.89. The van der Waals surface area contributed by atoms with Gasteiger partial charge in [0.05, 0.1) is 27.5 Å². The van der Waals surface area contributed by atoms with E-state index >= 15 is 0 Å². The van der Waals surface area contributed by atoms with E-state index in [-0.39, 0.29) is 22.4 Å². The summed E-state index contributed by atoms with van der Waals surface area (Å²) in [6.07, 6.45) is 1.31. The van der Waals surface area contributed by atoms with Crippen molar-refractivity contribution < 1.29 is 8.42 Å². The molecule has 1 atom stereocenters. The van der Waals surface area contributed by atoms with Crippen molar-refractivity contribution in [2.75, 3.05) is 27.2 Å². The number of aryl methyl sites for hydroxylation is 1. The maximum absolute atomic E-state index is 14.4. The Hall–Kier alpha value is -3.33. The number of sulfonamides is 1. The van der Waals surface area contributed by atoms with Crippen molar-refractivity contribution in [3.05, 3.63) is 100 Å². The van der Waals surface area contributed by atoms with E-state index in [9.17, 15) is 13.2 Å². The summed E-state index contributed by atoms with van der Waals surface area (Å²) < 4.78 is 31.8. The van der Waals surface area contributed by atoms with Crippen molar-refractivity contribution in [2.24, 2.45) is 0 Å². The van der Waals surface area contributed by atoms with Crippen LogP contribution in [0.4, 0.5) is 0 Å². The normalized spacial score (nSPS) is 13.3. The number of para-hydroxylation sites is 1. The molecule has 1 aromatic heterocycles. The molecule has 41 heavy (non-hydrogen) atoms. The summed E-state index contributed by atoms with van der Waals surface area (Å²) in [4.78, 5) is 21.2. The van der Waals surface area contributed by atoms with Crippen molar-refractivity contribution in [3.8, 4) is 5.69 Å². The van der Waals surface area contributed by atoms with E-state index in [0.29, 0.717) is 35.4 Å². The highest BCUT2D eigenvalue weighted by Crippen LogP contribution is 2.32. The number of benzene rings is 3. The SMILES string of the molecule is CCc1ccc(-n2c(C(CC)N(CCN(C)C)S(=O)(=O)c3ccc(C(C)(C)C)cc3)nc3ccccc3c2=O)cc1. The predicted molar refractivity (Wildman–Crippen MR) is 167 cm³/mol. The molecule has 0 aliphatic heterocycles. The van der Waals surface area contributed by atoms with Gasteiger partial charge < -0.3 is 4.90 Å². The molecule has 0 fully saturated rings. The van der Waals surface area contributed by atoms with E-state index < -0.39 is 16.1 Å². The monoisotopic (exact) mass is 574 g/mol. The third-order valence-electron chi connectivity index (χ3n) is 7.53. The van der Waals surface area contributed by atoms with Crippen LogP contribution in [-0.4, -0.2) is 54.4 Å². The molecule has 218 valence electrons. The first-order valence-corrected chi connectivity index (χ1v) is 15.7. The highest BCUT2D eigenvalue weighted by Gasteiger charge is 2.35. The van der Waals surface area contributed by atoms with Crippen LogP contribution in [0.25, 0.3) is 16.6 Å². The molecular formula is C33H42N4O3S. The minimum absolute atomic E-state index is 0.0999. The maximum Gasteiger partial charge on any atom is 0.266 e. The van der Waals surface area contributed by atoms with Gasteiger partial charge in [0.1, 0.15) is 5.82 Å². The van der Waals surface area contributed by atoms with E-state index in [4.69, 9.17) is 4.98 Å². The topological polar surface area (TPSA) is 75.5 Å². The minimum Gasteiger partial charge on any atom is -0.308 e. The average Bonchev–Trinajstić information content (AvgIpc) is 2.94. The lowest BCUT2D eigenvalue weighted by atomic mass is 9.87.